The topological polar surface area (TPSA) is 326 Å². The molecule has 2 aromatic heterocycles. The van der Waals surface area contributed by atoms with Crippen molar-refractivity contribution in [1.82, 2.24) is 24.7 Å². The first-order chi connectivity index (χ1) is 37.7. The van der Waals surface area contributed by atoms with Crippen molar-refractivity contribution in [2.75, 3.05) is 53.5 Å². The summed E-state index contributed by atoms with van der Waals surface area (Å²) in [6, 6.07) is 9.88. The standard InChI is InChI=1S/C17H14BrN3O5S2.C15H12BrN3O4S2.C12H10BrNO4S.C2H3ClO.CH2O3.3CH4.2Cs.H/c1-8(22)20-16-19-7-14(28-16)26-12-6-10(18)9(4-11(12)25-3)5-13-15(23)21(2)17(24)27-13;1-19-13(20)11(24-15(19)21)4-7-3-9(22-2)10(5-8(7)16)23-12-6-18-14(17)25-12;1-14-11(16)10(19-12(14)17)4-6-3-9(18-2)8(15)5-7(6)13;1-2(3)4;2-1-4-3;;;;;;/h4-7H,1-3H3,(H,19,20,22);3-6H,1-2H3,(H2,17,18);3-5,15H,1-2H3;1H3;1,3H;3*1H4;;;/q;;;;;;;;2*+1;-1/p-1/b13-5-;11-4-;10-4-;;;;;;;;. The number of amides is 7. The van der Waals surface area contributed by atoms with Gasteiger partial charge < -0.3 is 51.4 Å². The van der Waals surface area contributed by atoms with E-state index < -0.39 is 0 Å². The summed E-state index contributed by atoms with van der Waals surface area (Å²) in [6.07, 6.45) is 7.86. The number of carbonyl (C=O) groups is 9. The van der Waals surface area contributed by atoms with E-state index in [2.05, 4.69) is 79.6 Å². The van der Waals surface area contributed by atoms with Gasteiger partial charge in [-0.3, -0.25) is 57.9 Å². The fourth-order valence-electron chi connectivity index (χ4n) is 5.75. The fraction of sp³-hybridized carbons (Fsp3) is 0.220. The average molecular weight is 1730 g/mol. The first-order valence-electron chi connectivity index (χ1n) is 21.4. The zero-order chi connectivity index (χ0) is 59.7. The second-order valence-electron chi connectivity index (χ2n) is 14.9. The van der Waals surface area contributed by atoms with Gasteiger partial charge in [0.1, 0.15) is 0 Å². The molecule has 3 aliphatic heterocycles. The summed E-state index contributed by atoms with van der Waals surface area (Å²) in [5, 5.41) is 21.2. The monoisotopic (exact) mass is 1720 g/mol. The molecule has 3 aromatic carbocycles. The van der Waals surface area contributed by atoms with Crippen LogP contribution in [-0.2, 0) is 33.7 Å². The van der Waals surface area contributed by atoms with E-state index in [-0.39, 0.29) is 218 Å². The minimum absolute atomic E-state index is 0. The third-order valence-electron chi connectivity index (χ3n) is 9.41. The van der Waals surface area contributed by atoms with Crippen molar-refractivity contribution < 1.29 is 221 Å². The molecule has 7 amide bonds. The molecule has 3 aliphatic rings. The number of aromatic hydroxyl groups is 1. The number of hydrogen-bond donors (Lipinski definition) is 3. The van der Waals surface area contributed by atoms with Crippen LogP contribution in [0.5, 0.6) is 44.6 Å². The number of carbonyl (C=O) groups excluding carboxylic acids is 9. The molecule has 0 aliphatic carbocycles. The maximum atomic E-state index is 12.1. The number of nitrogens with two attached hydrogens (primary N) is 1. The van der Waals surface area contributed by atoms with Crippen LogP contribution in [0.3, 0.4) is 0 Å². The number of hydrogen-bond acceptors (Lipinski definition) is 25. The predicted octanol–water partition coefficient (Wildman–Crippen LogP) is 6.35. The summed E-state index contributed by atoms with van der Waals surface area (Å²) in [5.74, 6) is 0.845. The van der Waals surface area contributed by atoms with Crippen LogP contribution in [-0.4, -0.2) is 123 Å². The van der Waals surface area contributed by atoms with Gasteiger partial charge in [-0.05, 0) is 118 Å². The van der Waals surface area contributed by atoms with Gasteiger partial charge in [0.15, 0.2) is 44.8 Å². The molecule has 450 valence electrons. The van der Waals surface area contributed by atoms with E-state index in [9.17, 15) is 43.5 Å². The number of nitrogens with zero attached hydrogens (tertiary/aromatic N) is 5. The summed E-state index contributed by atoms with van der Waals surface area (Å²) < 4.78 is 29.3. The third kappa shape index (κ3) is 25.4. The van der Waals surface area contributed by atoms with Gasteiger partial charge in [-0.2, -0.15) is 0 Å². The van der Waals surface area contributed by atoms with Gasteiger partial charge in [0.25, 0.3) is 39.9 Å². The average Bonchev–Trinajstić information content (AvgIpc) is 3.32. The molecule has 24 nitrogen and oxygen atoms in total. The number of rotatable bonds is 12. The molecule has 0 atom stereocenters. The summed E-state index contributed by atoms with van der Waals surface area (Å²) in [5.41, 5.74) is 7.59. The normalized spacial score (nSPS) is 14.2. The molecule has 0 saturated carbocycles. The number of anilines is 2. The van der Waals surface area contributed by atoms with Crippen LogP contribution in [0, 0.1) is 0 Å². The number of thiazole rings is 2. The SMILES string of the molecule is C.C.C.CC(=O)Cl.COc1cc(/C=C2\SC(=O)N(C)C2=O)c(Br)cc1O.COc1cc(/C=C2\SC(=O)N(C)C2=O)c(Br)cc1Oc1cnc(N)s1.COc1cc(/C=C2\SC(=O)N(C)C2=O)c(Br)cc1Oc1cnc(NC(C)=O)s1.O=CO[O-].[Cs+].[Cs+].[H-]. The molecule has 0 unspecified atom stereocenters. The summed E-state index contributed by atoms with van der Waals surface area (Å²) in [4.78, 5) is 114. The molecule has 4 N–H and O–H groups in total. The molecular formula is C50H53Br3ClCs2N7O17S5. The van der Waals surface area contributed by atoms with E-state index >= 15 is 0 Å². The van der Waals surface area contributed by atoms with Crippen LogP contribution in [0.1, 0.15) is 54.2 Å². The van der Waals surface area contributed by atoms with Crippen LogP contribution >= 0.6 is 117 Å². The second kappa shape index (κ2) is 41.1. The Morgan fingerprint density at radius 1 is 0.635 bits per heavy atom. The van der Waals surface area contributed by atoms with Crippen LogP contribution in [0.25, 0.3) is 18.2 Å². The van der Waals surface area contributed by atoms with Crippen molar-refractivity contribution in [3.63, 3.8) is 0 Å². The molecular weight excluding hydrogens is 1670 g/mol. The maximum absolute atomic E-state index is 12.1. The van der Waals surface area contributed by atoms with E-state index in [1.807, 2.05) is 0 Å². The minimum atomic E-state index is -0.361. The number of benzene rings is 3. The Bertz CT molecular complexity index is 3360. The third-order valence-corrected chi connectivity index (χ3v) is 15.9. The first-order valence-corrected chi connectivity index (χ1v) is 28.2. The molecule has 85 heavy (non-hydrogen) atoms. The molecule has 3 fully saturated rings. The maximum Gasteiger partial charge on any atom is 1.00 e. The van der Waals surface area contributed by atoms with Crippen molar-refractivity contribution in [2.45, 2.75) is 36.1 Å². The number of imide groups is 3. The molecule has 0 spiro atoms. The van der Waals surface area contributed by atoms with Crippen LogP contribution in [0.15, 0.2) is 76.9 Å². The van der Waals surface area contributed by atoms with Gasteiger partial charge in [0, 0.05) is 48.4 Å². The number of phenols is 1. The van der Waals surface area contributed by atoms with Crippen molar-refractivity contribution in [3.05, 3.63) is 93.6 Å². The number of ether oxygens (including phenoxy) is 5. The Morgan fingerprint density at radius 2 is 0.965 bits per heavy atom. The van der Waals surface area contributed by atoms with Crippen molar-refractivity contribution in [3.8, 4) is 44.6 Å². The van der Waals surface area contributed by atoms with Crippen molar-refractivity contribution in [1.29, 1.82) is 0 Å². The van der Waals surface area contributed by atoms with Crippen LogP contribution in [0.2, 0.25) is 0 Å². The van der Waals surface area contributed by atoms with Crippen LogP contribution < -0.4 is 178 Å². The van der Waals surface area contributed by atoms with E-state index in [0.717, 1.165) is 50.0 Å². The molecule has 5 heterocycles. The molecule has 0 radical (unpaired) electrons. The van der Waals surface area contributed by atoms with Crippen LogP contribution in [0.4, 0.5) is 24.6 Å². The summed E-state index contributed by atoms with van der Waals surface area (Å²) >= 11 is 19.9. The molecule has 35 heteroatoms. The quantitative estimate of drug-likeness (QED) is 0.0403. The molecule has 8 rings (SSSR count). The zero-order valence-corrected chi connectivity index (χ0v) is 66.4. The van der Waals surface area contributed by atoms with E-state index in [1.54, 1.807) is 48.6 Å². The molecule has 0 bridgehead atoms. The van der Waals surface area contributed by atoms with Gasteiger partial charge in [-0.15, -0.1) is 0 Å². The fourth-order valence-corrected chi connectivity index (χ4v) is 10.8. The Labute approximate surface area is 659 Å². The minimum Gasteiger partial charge on any atom is -1.00 e. The van der Waals surface area contributed by atoms with E-state index in [1.165, 1.54) is 97.5 Å². The smallest absolute Gasteiger partial charge is 1.00 e. The van der Waals surface area contributed by atoms with Crippen molar-refractivity contribution in [2.24, 2.45) is 0 Å². The zero-order valence-electron chi connectivity index (χ0n) is 45.3. The molecule has 3 saturated heterocycles. The largest absolute Gasteiger partial charge is 1.00 e. The number of halogens is 4. The number of nitrogens with one attached hydrogen (secondary N) is 1. The van der Waals surface area contributed by atoms with E-state index in [0.29, 0.717) is 94.0 Å². The Kier molecular flexibility index (Phi) is 40.9. The number of phenolic OH excluding ortho intramolecular Hbond substituents is 1. The first kappa shape index (κ1) is 84.7. The number of likely N-dealkylation sites (N-methyl/N-ethyl adjacent to an activating group) is 3. The summed E-state index contributed by atoms with van der Waals surface area (Å²) in [7, 11) is 8.77. The number of methoxy groups -OCH3 is 3. The Morgan fingerprint density at radius 3 is 1.26 bits per heavy atom. The van der Waals surface area contributed by atoms with Gasteiger partial charge in [-0.25, -0.2) is 9.97 Å². The Balaban J connectivity index is -0.00000111. The van der Waals surface area contributed by atoms with Gasteiger partial charge >= 0.3 is 138 Å². The second-order valence-corrected chi connectivity index (χ2v) is 23.0. The van der Waals surface area contributed by atoms with Gasteiger partial charge in [-0.1, -0.05) is 92.7 Å². The van der Waals surface area contributed by atoms with Gasteiger partial charge in [0.2, 0.25) is 21.3 Å². The Hall–Kier alpha value is -2.39. The number of aromatic nitrogens is 2. The molecule has 5 aromatic rings. The predicted molar refractivity (Wildman–Crippen MR) is 333 cm³/mol. The van der Waals surface area contributed by atoms with Gasteiger partial charge in [0.05, 0.1) is 48.4 Å². The number of thioether (sulfide) groups is 3. The van der Waals surface area contributed by atoms with E-state index in [4.69, 9.17) is 39.5 Å². The number of nitrogen functional groups attached to an aromatic ring is 1. The summed E-state index contributed by atoms with van der Waals surface area (Å²) in [6.45, 7) is 2.51. The van der Waals surface area contributed by atoms with Crippen molar-refractivity contribution >= 4 is 197 Å².